The van der Waals surface area contributed by atoms with Crippen molar-refractivity contribution in [3.63, 3.8) is 0 Å². The van der Waals surface area contributed by atoms with Crippen molar-refractivity contribution >= 4 is 21.7 Å². The van der Waals surface area contributed by atoms with Gasteiger partial charge >= 0.3 is 0 Å². The minimum absolute atomic E-state index is 0.180. The maximum absolute atomic E-state index is 12.9. The normalized spacial score (nSPS) is 15.9. The van der Waals surface area contributed by atoms with Crippen LogP contribution in [0.4, 0.5) is 11.6 Å². The van der Waals surface area contributed by atoms with Crippen molar-refractivity contribution in [1.29, 1.82) is 0 Å². The van der Waals surface area contributed by atoms with E-state index < -0.39 is 10.0 Å². The molecule has 3 rings (SSSR count). The van der Waals surface area contributed by atoms with Gasteiger partial charge in [-0.3, -0.25) is 0 Å². The molecule has 0 bridgehead atoms. The Balaban J connectivity index is 1.69. The molecule has 0 spiro atoms. The Morgan fingerprint density at radius 3 is 2.22 bits per heavy atom. The monoisotopic (exact) mass is 394 g/mol. The van der Waals surface area contributed by atoms with Gasteiger partial charge in [-0.15, -0.1) is 10.2 Å². The van der Waals surface area contributed by atoms with Gasteiger partial charge in [0.05, 0.1) is 0 Å². The second kappa shape index (κ2) is 7.81. The lowest BCUT2D eigenvalue weighted by molar-refractivity contribution is 0.377. The molecule has 1 aliphatic heterocycles. The van der Waals surface area contributed by atoms with E-state index in [1.165, 1.54) is 4.31 Å². The Hall–Kier alpha value is -2.20. The summed E-state index contributed by atoms with van der Waals surface area (Å²) in [7, 11) is -3.60. The first-order chi connectivity index (χ1) is 12.9. The summed E-state index contributed by atoms with van der Waals surface area (Å²) in [6.45, 7) is 11.1. The number of sulfonamides is 1. The molecule has 0 amide bonds. The topological polar surface area (TPSA) is 95.7 Å². The zero-order valence-corrected chi connectivity index (χ0v) is 17.0. The molecule has 0 N–H and O–H groups in total. The van der Waals surface area contributed by atoms with Crippen LogP contribution in [0, 0.1) is 13.8 Å². The molecule has 2 aromatic heterocycles. The summed E-state index contributed by atoms with van der Waals surface area (Å²) >= 11 is 0. The first-order valence-electron chi connectivity index (χ1n) is 9.15. The van der Waals surface area contributed by atoms with Crippen molar-refractivity contribution in [1.82, 2.24) is 19.7 Å². The largest absolute Gasteiger partial charge is 0.360 e. The lowest BCUT2D eigenvalue weighted by Gasteiger charge is -2.34. The summed E-state index contributed by atoms with van der Waals surface area (Å²) in [5.41, 5.74) is 0.396. The fourth-order valence-electron chi connectivity index (χ4n) is 3.33. The Bertz CT molecular complexity index is 849. The Kier molecular flexibility index (Phi) is 5.66. The van der Waals surface area contributed by atoms with Crippen molar-refractivity contribution in [3.8, 4) is 0 Å². The highest BCUT2D eigenvalue weighted by Crippen LogP contribution is 2.25. The second-order valence-electron chi connectivity index (χ2n) is 6.47. The molecule has 0 radical (unpaired) electrons. The fourth-order valence-corrected chi connectivity index (χ4v) is 5.05. The van der Waals surface area contributed by atoms with Gasteiger partial charge in [-0.05, 0) is 39.8 Å². The van der Waals surface area contributed by atoms with Gasteiger partial charge in [0.1, 0.15) is 10.6 Å². The molecule has 0 aliphatic carbocycles. The number of nitrogens with zero attached hydrogens (tertiary/aromatic N) is 6. The fraction of sp³-hybridized carbons (Fsp3) is 0.588. The summed E-state index contributed by atoms with van der Waals surface area (Å²) < 4.78 is 32.3. The van der Waals surface area contributed by atoms with Crippen molar-refractivity contribution in [2.75, 3.05) is 49.1 Å². The SMILES string of the molecule is CCN(CC)c1ccc(N2CCN(S(=O)(=O)c3c(C)noc3C)CC2)nn1. The van der Waals surface area contributed by atoms with Gasteiger partial charge in [-0.1, -0.05) is 5.16 Å². The van der Waals surface area contributed by atoms with Crippen LogP contribution in [0.3, 0.4) is 0 Å². The highest BCUT2D eigenvalue weighted by Gasteiger charge is 2.33. The molecule has 0 aromatic carbocycles. The molecule has 10 heteroatoms. The van der Waals surface area contributed by atoms with E-state index in [1.54, 1.807) is 13.8 Å². The van der Waals surface area contributed by atoms with Crippen LogP contribution in [0.25, 0.3) is 0 Å². The number of anilines is 2. The first-order valence-corrected chi connectivity index (χ1v) is 10.6. The number of piperazine rings is 1. The van der Waals surface area contributed by atoms with Gasteiger partial charge in [0.2, 0.25) is 10.0 Å². The first kappa shape index (κ1) is 19.6. The highest BCUT2D eigenvalue weighted by atomic mass is 32.2. The van der Waals surface area contributed by atoms with E-state index in [-0.39, 0.29) is 4.90 Å². The molecule has 1 fully saturated rings. The molecule has 0 saturated carbocycles. The predicted molar refractivity (Wildman–Crippen MR) is 103 cm³/mol. The van der Waals surface area contributed by atoms with Crippen LogP contribution < -0.4 is 9.80 Å². The van der Waals surface area contributed by atoms with Gasteiger partial charge in [0.25, 0.3) is 0 Å². The molecule has 1 aliphatic rings. The molecule has 1 saturated heterocycles. The van der Waals surface area contributed by atoms with Crippen molar-refractivity contribution in [3.05, 3.63) is 23.6 Å². The van der Waals surface area contributed by atoms with Gasteiger partial charge < -0.3 is 14.3 Å². The van der Waals surface area contributed by atoms with E-state index in [1.807, 2.05) is 12.1 Å². The zero-order chi connectivity index (χ0) is 19.6. The Labute approximate surface area is 160 Å². The average Bonchev–Trinajstić information content (AvgIpc) is 3.02. The molecule has 3 heterocycles. The van der Waals surface area contributed by atoms with E-state index in [2.05, 4.69) is 39.0 Å². The average molecular weight is 395 g/mol. The van der Waals surface area contributed by atoms with Crippen molar-refractivity contribution in [2.24, 2.45) is 0 Å². The maximum atomic E-state index is 12.9. The third-order valence-electron chi connectivity index (χ3n) is 4.85. The van der Waals surface area contributed by atoms with E-state index in [9.17, 15) is 8.42 Å². The number of hydrogen-bond acceptors (Lipinski definition) is 8. The van der Waals surface area contributed by atoms with Crippen LogP contribution in [0.2, 0.25) is 0 Å². The van der Waals surface area contributed by atoms with E-state index >= 15 is 0 Å². The summed E-state index contributed by atoms with van der Waals surface area (Å²) in [6.07, 6.45) is 0. The highest BCUT2D eigenvalue weighted by molar-refractivity contribution is 7.89. The van der Waals surface area contributed by atoms with Crippen LogP contribution in [0.5, 0.6) is 0 Å². The van der Waals surface area contributed by atoms with E-state index in [0.29, 0.717) is 37.6 Å². The molecular formula is C17H26N6O3S. The Morgan fingerprint density at radius 2 is 1.74 bits per heavy atom. The van der Waals surface area contributed by atoms with E-state index in [4.69, 9.17) is 4.52 Å². The van der Waals surface area contributed by atoms with Crippen LogP contribution in [-0.4, -0.2) is 67.3 Å². The number of aromatic nitrogens is 3. The van der Waals surface area contributed by atoms with Crippen molar-refractivity contribution < 1.29 is 12.9 Å². The standard InChI is InChI=1S/C17H26N6O3S/c1-5-21(6-2)15-7-8-16(19-18-15)22-9-11-23(12-10-22)27(24,25)17-13(3)20-26-14(17)4/h7-8H,5-6,9-12H2,1-4H3. The van der Waals surface area contributed by atoms with Gasteiger partial charge in [-0.2, -0.15) is 4.31 Å². The molecule has 148 valence electrons. The van der Waals surface area contributed by atoms with Gasteiger partial charge in [-0.25, -0.2) is 8.42 Å². The molecular weight excluding hydrogens is 368 g/mol. The van der Waals surface area contributed by atoms with Crippen LogP contribution in [0.1, 0.15) is 25.3 Å². The molecule has 27 heavy (non-hydrogen) atoms. The lowest BCUT2D eigenvalue weighted by Crippen LogP contribution is -2.49. The van der Waals surface area contributed by atoms with E-state index in [0.717, 1.165) is 24.7 Å². The van der Waals surface area contributed by atoms with Crippen LogP contribution in [0.15, 0.2) is 21.6 Å². The molecule has 0 unspecified atom stereocenters. The molecule has 9 nitrogen and oxygen atoms in total. The molecule has 2 aromatic rings. The Morgan fingerprint density at radius 1 is 1.07 bits per heavy atom. The third kappa shape index (κ3) is 3.77. The van der Waals surface area contributed by atoms with Gasteiger partial charge in [0, 0.05) is 39.3 Å². The number of hydrogen-bond donors (Lipinski definition) is 0. The van der Waals surface area contributed by atoms with Crippen molar-refractivity contribution in [2.45, 2.75) is 32.6 Å². The zero-order valence-electron chi connectivity index (χ0n) is 16.2. The smallest absolute Gasteiger partial charge is 0.248 e. The lowest BCUT2D eigenvalue weighted by atomic mass is 10.3. The summed E-state index contributed by atoms with van der Waals surface area (Å²) in [4.78, 5) is 4.36. The third-order valence-corrected chi connectivity index (χ3v) is 7.00. The minimum Gasteiger partial charge on any atom is -0.360 e. The summed E-state index contributed by atoms with van der Waals surface area (Å²) in [6, 6.07) is 3.90. The van der Waals surface area contributed by atoms with Gasteiger partial charge in [0.15, 0.2) is 17.4 Å². The van der Waals surface area contributed by atoms with Crippen LogP contribution >= 0.6 is 0 Å². The number of rotatable bonds is 6. The maximum Gasteiger partial charge on any atom is 0.248 e. The minimum atomic E-state index is -3.60. The van der Waals surface area contributed by atoms with Crippen LogP contribution in [-0.2, 0) is 10.0 Å². The number of aryl methyl sites for hydroxylation is 2. The second-order valence-corrected chi connectivity index (χ2v) is 8.34. The predicted octanol–water partition coefficient (Wildman–Crippen LogP) is 1.44. The summed E-state index contributed by atoms with van der Waals surface area (Å²) in [5.74, 6) is 1.94. The summed E-state index contributed by atoms with van der Waals surface area (Å²) in [5, 5.41) is 12.4. The quantitative estimate of drug-likeness (QED) is 0.726. The molecule has 0 atom stereocenters.